The van der Waals surface area contributed by atoms with E-state index in [1.807, 2.05) is 37.3 Å². The van der Waals surface area contributed by atoms with E-state index in [0.717, 1.165) is 24.4 Å². The zero-order valence-corrected chi connectivity index (χ0v) is 14.0. The molecule has 0 spiro atoms. The number of hydrogen-bond acceptors (Lipinski definition) is 3. The minimum Gasteiger partial charge on any atom is -0.479 e. The van der Waals surface area contributed by atoms with Crippen molar-refractivity contribution in [2.24, 2.45) is 0 Å². The Bertz CT molecular complexity index is 593. The lowest BCUT2D eigenvalue weighted by atomic mass is 10.2. The molecule has 0 aliphatic carbocycles. The number of aliphatic carboxylic acids is 1. The number of carboxylic acid groups (broad SMARTS) is 1. The first-order valence-electron chi connectivity index (χ1n) is 5.48. The maximum Gasteiger partial charge on any atom is 0.331 e. The second kappa shape index (κ2) is 6.07. The molecule has 19 heavy (non-hydrogen) atoms. The Hall–Kier alpha value is -0.850. The van der Waals surface area contributed by atoms with Gasteiger partial charge in [-0.25, -0.2) is 4.79 Å². The van der Waals surface area contributed by atoms with E-state index in [9.17, 15) is 9.90 Å². The second-order valence-corrected chi connectivity index (χ2v) is 7.04. The fraction of sp³-hybridized carbons (Fsp3) is 0.154. The third-order valence-corrected chi connectivity index (χ3v) is 5.24. The van der Waals surface area contributed by atoms with Gasteiger partial charge in [-0.15, -0.1) is 11.3 Å². The summed E-state index contributed by atoms with van der Waals surface area (Å²) in [4.78, 5) is 13.3. The predicted octanol–water partition coefficient (Wildman–Crippen LogP) is 4.82. The zero-order valence-electron chi connectivity index (χ0n) is 9.98. The normalized spacial score (nSPS) is 12.2. The number of hydrogen-bond donors (Lipinski definition) is 2. The summed E-state index contributed by atoms with van der Waals surface area (Å²) in [5.41, 5.74) is 0.768. The van der Waals surface area contributed by atoms with E-state index in [1.165, 1.54) is 11.3 Å². The van der Waals surface area contributed by atoms with E-state index < -0.39 is 12.0 Å². The van der Waals surface area contributed by atoms with Crippen LogP contribution >= 0.6 is 43.2 Å². The molecule has 6 heteroatoms. The number of thiophene rings is 1. The average Bonchev–Trinajstić information content (AvgIpc) is 2.66. The van der Waals surface area contributed by atoms with Crippen LogP contribution < -0.4 is 5.32 Å². The third-order valence-electron chi connectivity index (χ3n) is 2.54. The second-order valence-electron chi connectivity index (χ2n) is 3.98. The van der Waals surface area contributed by atoms with Gasteiger partial charge in [0.1, 0.15) is 0 Å². The summed E-state index contributed by atoms with van der Waals surface area (Å²) >= 11 is 8.25. The molecule has 1 heterocycles. The number of halogens is 2. The molecule has 2 rings (SSSR count). The molecule has 0 amide bonds. The molecule has 2 aromatic rings. The van der Waals surface area contributed by atoms with Gasteiger partial charge >= 0.3 is 5.97 Å². The average molecular weight is 405 g/mol. The minimum absolute atomic E-state index is 0.746. The van der Waals surface area contributed by atoms with Gasteiger partial charge in [0.25, 0.3) is 0 Å². The first kappa shape index (κ1) is 14.6. The lowest BCUT2D eigenvalue weighted by Gasteiger charge is -2.14. The van der Waals surface area contributed by atoms with Crippen molar-refractivity contribution in [1.82, 2.24) is 0 Å². The van der Waals surface area contributed by atoms with E-state index in [4.69, 9.17) is 0 Å². The van der Waals surface area contributed by atoms with Gasteiger partial charge in [-0.3, -0.25) is 0 Å². The molecule has 0 saturated heterocycles. The molecular weight excluding hydrogens is 394 g/mol. The van der Waals surface area contributed by atoms with Crippen molar-refractivity contribution in [3.63, 3.8) is 0 Å². The maximum atomic E-state index is 11.4. The molecule has 3 nitrogen and oxygen atoms in total. The molecule has 0 bridgehead atoms. The van der Waals surface area contributed by atoms with Gasteiger partial charge in [0.15, 0.2) is 6.04 Å². The van der Waals surface area contributed by atoms with E-state index >= 15 is 0 Å². The molecule has 0 fully saturated rings. The van der Waals surface area contributed by atoms with Gasteiger partial charge in [0, 0.05) is 24.4 Å². The van der Waals surface area contributed by atoms with Crippen molar-refractivity contribution in [2.45, 2.75) is 13.0 Å². The number of anilines is 1. The highest BCUT2D eigenvalue weighted by molar-refractivity contribution is 9.10. The Morgan fingerprint density at radius 3 is 2.63 bits per heavy atom. The summed E-state index contributed by atoms with van der Waals surface area (Å²) in [5, 5.41) is 12.4. The smallest absolute Gasteiger partial charge is 0.331 e. The number of benzene rings is 1. The summed E-state index contributed by atoms with van der Waals surface area (Å²) in [6.07, 6.45) is 0. The number of nitrogens with one attached hydrogen (secondary N) is 1. The van der Waals surface area contributed by atoms with Crippen LogP contribution in [0.25, 0.3) is 0 Å². The largest absolute Gasteiger partial charge is 0.479 e. The SMILES string of the molecule is Cc1sc(C(Nc2cccc(Br)c2)C(=O)O)cc1Br. The highest BCUT2D eigenvalue weighted by Gasteiger charge is 2.22. The van der Waals surface area contributed by atoms with Crippen molar-refractivity contribution in [1.29, 1.82) is 0 Å². The topological polar surface area (TPSA) is 49.3 Å². The quantitative estimate of drug-likeness (QED) is 0.767. The molecule has 0 aliphatic heterocycles. The molecule has 0 radical (unpaired) electrons. The third kappa shape index (κ3) is 3.58. The van der Waals surface area contributed by atoms with Gasteiger partial charge < -0.3 is 10.4 Å². The van der Waals surface area contributed by atoms with E-state index in [0.29, 0.717) is 0 Å². The van der Waals surface area contributed by atoms with Crippen LogP contribution in [0.3, 0.4) is 0 Å². The van der Waals surface area contributed by atoms with E-state index in [2.05, 4.69) is 37.2 Å². The monoisotopic (exact) mass is 403 g/mol. The van der Waals surface area contributed by atoms with Crippen LogP contribution in [0.4, 0.5) is 5.69 Å². The van der Waals surface area contributed by atoms with Gasteiger partial charge in [-0.2, -0.15) is 0 Å². The van der Waals surface area contributed by atoms with Crippen LogP contribution in [-0.2, 0) is 4.79 Å². The number of carboxylic acids is 1. The number of rotatable bonds is 4. The van der Waals surface area contributed by atoms with Gasteiger partial charge in [0.2, 0.25) is 0 Å². The number of carbonyl (C=O) groups is 1. The summed E-state index contributed by atoms with van der Waals surface area (Å²) < 4.78 is 1.85. The van der Waals surface area contributed by atoms with Crippen LogP contribution in [0.2, 0.25) is 0 Å². The lowest BCUT2D eigenvalue weighted by Crippen LogP contribution is -2.19. The standard InChI is InChI=1S/C13H11Br2NO2S/c1-7-10(15)6-11(19-7)12(13(17)18)16-9-4-2-3-8(14)5-9/h2-6,12,16H,1H3,(H,17,18). The Morgan fingerprint density at radius 2 is 2.11 bits per heavy atom. The summed E-state index contributed by atoms with van der Waals surface area (Å²) in [5.74, 6) is -0.895. The Labute approximate surface area is 131 Å². The molecule has 100 valence electrons. The molecule has 1 aromatic carbocycles. The van der Waals surface area contributed by atoms with Gasteiger partial charge in [-0.05, 0) is 47.1 Å². The Kier molecular flexibility index (Phi) is 4.65. The highest BCUT2D eigenvalue weighted by atomic mass is 79.9. The molecule has 0 aliphatic rings. The summed E-state index contributed by atoms with van der Waals surface area (Å²) in [7, 11) is 0. The lowest BCUT2D eigenvalue weighted by molar-refractivity contribution is -0.138. The van der Waals surface area contributed by atoms with Crippen molar-refractivity contribution in [3.05, 3.63) is 49.0 Å². The fourth-order valence-corrected chi connectivity index (χ4v) is 3.63. The fourth-order valence-electron chi connectivity index (χ4n) is 1.62. The molecule has 1 unspecified atom stereocenters. The molecule has 2 N–H and O–H groups in total. The Morgan fingerprint density at radius 1 is 1.37 bits per heavy atom. The van der Waals surface area contributed by atoms with Gasteiger partial charge in [0.05, 0.1) is 0 Å². The predicted molar refractivity (Wildman–Crippen MR) is 84.9 cm³/mol. The number of aryl methyl sites for hydroxylation is 1. The van der Waals surface area contributed by atoms with Crippen molar-refractivity contribution in [3.8, 4) is 0 Å². The van der Waals surface area contributed by atoms with Crippen LogP contribution in [0.1, 0.15) is 15.8 Å². The molecule has 0 saturated carbocycles. The van der Waals surface area contributed by atoms with E-state index in [-0.39, 0.29) is 0 Å². The summed E-state index contributed by atoms with van der Waals surface area (Å²) in [6, 6.07) is 8.56. The van der Waals surface area contributed by atoms with E-state index in [1.54, 1.807) is 0 Å². The molecule has 1 atom stereocenters. The van der Waals surface area contributed by atoms with Crippen LogP contribution in [-0.4, -0.2) is 11.1 Å². The molecule has 1 aromatic heterocycles. The molecular formula is C13H11Br2NO2S. The Balaban J connectivity index is 2.29. The maximum absolute atomic E-state index is 11.4. The first-order valence-corrected chi connectivity index (χ1v) is 7.88. The summed E-state index contributed by atoms with van der Waals surface area (Å²) in [6.45, 7) is 1.95. The minimum atomic E-state index is -0.895. The van der Waals surface area contributed by atoms with Crippen LogP contribution in [0.5, 0.6) is 0 Å². The van der Waals surface area contributed by atoms with Crippen LogP contribution in [0, 0.1) is 6.92 Å². The zero-order chi connectivity index (χ0) is 14.0. The van der Waals surface area contributed by atoms with Crippen LogP contribution in [0.15, 0.2) is 39.3 Å². The highest BCUT2D eigenvalue weighted by Crippen LogP contribution is 2.32. The first-order chi connectivity index (χ1) is 8.97. The van der Waals surface area contributed by atoms with Crippen molar-refractivity contribution in [2.75, 3.05) is 5.32 Å². The van der Waals surface area contributed by atoms with Gasteiger partial charge in [-0.1, -0.05) is 22.0 Å². The van der Waals surface area contributed by atoms with Crippen molar-refractivity contribution >= 4 is 54.9 Å². The van der Waals surface area contributed by atoms with Crippen molar-refractivity contribution < 1.29 is 9.90 Å².